The highest BCUT2D eigenvalue weighted by Crippen LogP contribution is 2.20. The first kappa shape index (κ1) is 9.46. The number of nitrogens with zero attached hydrogens (tertiary/aromatic N) is 1. The first-order valence-electron chi connectivity index (χ1n) is 4.10. The molecule has 0 aliphatic carbocycles. The summed E-state index contributed by atoms with van der Waals surface area (Å²) in [6.07, 6.45) is 5.34. The normalized spacial score (nSPS) is 9.31. The first-order valence-corrected chi connectivity index (χ1v) is 4.10. The van der Waals surface area contributed by atoms with Crippen LogP contribution in [0.5, 0.6) is 0 Å². The van der Waals surface area contributed by atoms with Gasteiger partial charge in [0.25, 0.3) is 0 Å². The largest absolute Gasteiger partial charge is 0.256 e. The van der Waals surface area contributed by atoms with Gasteiger partial charge in [-0.15, -0.1) is 0 Å². The van der Waals surface area contributed by atoms with Gasteiger partial charge in [-0.25, -0.2) is 0 Å². The molecule has 1 heteroatoms. The molecule has 1 aromatic rings. The molecule has 0 aromatic carbocycles. The second-order valence-electron chi connectivity index (χ2n) is 2.85. The van der Waals surface area contributed by atoms with Crippen LogP contribution in [-0.2, 0) is 0 Å². The summed E-state index contributed by atoms with van der Waals surface area (Å²) >= 11 is 0. The summed E-state index contributed by atoms with van der Waals surface area (Å²) in [6.45, 7) is 13.3. The van der Waals surface area contributed by atoms with Gasteiger partial charge in [-0.3, -0.25) is 4.98 Å². The molecule has 0 saturated heterocycles. The van der Waals surface area contributed by atoms with Crippen LogP contribution in [0.15, 0.2) is 32.0 Å². The minimum atomic E-state index is 0.896. The third-order valence-corrected chi connectivity index (χ3v) is 1.85. The number of pyridine rings is 1. The van der Waals surface area contributed by atoms with Gasteiger partial charge in [-0.05, 0) is 24.1 Å². The predicted octanol–water partition coefficient (Wildman–Crippen LogP) is 3.40. The minimum absolute atomic E-state index is 0.896. The monoisotopic (exact) mass is 171 g/mol. The molecule has 0 radical (unpaired) electrons. The van der Waals surface area contributed by atoms with E-state index in [1.807, 2.05) is 13.0 Å². The lowest BCUT2D eigenvalue weighted by atomic mass is 10.0. The van der Waals surface area contributed by atoms with E-state index in [2.05, 4.69) is 24.7 Å². The molecule has 0 saturated carbocycles. The van der Waals surface area contributed by atoms with Crippen LogP contribution in [0, 0.1) is 0 Å². The number of hydrogen-bond acceptors (Lipinski definition) is 1. The second kappa shape index (κ2) is 3.85. The van der Waals surface area contributed by atoms with Gasteiger partial charge in [0.2, 0.25) is 0 Å². The van der Waals surface area contributed by atoms with Gasteiger partial charge < -0.3 is 0 Å². The average molecular weight is 171 g/mol. The van der Waals surface area contributed by atoms with Crippen LogP contribution >= 0.6 is 0 Å². The van der Waals surface area contributed by atoms with E-state index in [-0.39, 0.29) is 0 Å². The zero-order chi connectivity index (χ0) is 9.84. The highest BCUT2D eigenvalue weighted by molar-refractivity contribution is 5.74. The predicted molar refractivity (Wildman–Crippen MR) is 59.1 cm³/mol. The van der Waals surface area contributed by atoms with Gasteiger partial charge in [0, 0.05) is 11.8 Å². The van der Waals surface area contributed by atoms with Gasteiger partial charge in [-0.2, -0.15) is 0 Å². The zero-order valence-electron chi connectivity index (χ0n) is 7.88. The Morgan fingerprint density at radius 1 is 1.38 bits per heavy atom. The standard InChI is InChI=1S/C12H13N/c1-5-10-7-8-13-12(9(3)4)11(10)6-2/h5-8H,1-3H2,4H3. The van der Waals surface area contributed by atoms with E-state index in [0.29, 0.717) is 0 Å². The van der Waals surface area contributed by atoms with Crippen LogP contribution < -0.4 is 0 Å². The van der Waals surface area contributed by atoms with E-state index < -0.39 is 0 Å². The molecule has 0 aliphatic heterocycles. The van der Waals surface area contributed by atoms with Crippen molar-refractivity contribution in [3.8, 4) is 0 Å². The third kappa shape index (κ3) is 1.75. The van der Waals surface area contributed by atoms with E-state index in [9.17, 15) is 0 Å². The Morgan fingerprint density at radius 3 is 2.54 bits per heavy atom. The molecule has 1 aromatic heterocycles. The van der Waals surface area contributed by atoms with Crippen molar-refractivity contribution in [2.75, 3.05) is 0 Å². The zero-order valence-corrected chi connectivity index (χ0v) is 7.88. The van der Waals surface area contributed by atoms with Crippen molar-refractivity contribution in [1.82, 2.24) is 4.98 Å². The fourth-order valence-corrected chi connectivity index (χ4v) is 1.22. The van der Waals surface area contributed by atoms with Crippen molar-refractivity contribution in [1.29, 1.82) is 0 Å². The van der Waals surface area contributed by atoms with Crippen LogP contribution in [0.25, 0.3) is 17.7 Å². The number of hydrogen-bond donors (Lipinski definition) is 0. The molecule has 1 heterocycles. The second-order valence-corrected chi connectivity index (χ2v) is 2.85. The maximum Gasteiger partial charge on any atom is 0.0730 e. The maximum absolute atomic E-state index is 4.24. The molecular formula is C12H13N. The Labute approximate surface area is 79.1 Å². The summed E-state index contributed by atoms with van der Waals surface area (Å²) in [7, 11) is 0. The van der Waals surface area contributed by atoms with Gasteiger partial charge in [0.05, 0.1) is 5.69 Å². The van der Waals surface area contributed by atoms with Crippen molar-refractivity contribution in [2.24, 2.45) is 0 Å². The third-order valence-electron chi connectivity index (χ3n) is 1.85. The lowest BCUT2D eigenvalue weighted by Gasteiger charge is -2.06. The van der Waals surface area contributed by atoms with Crippen molar-refractivity contribution in [2.45, 2.75) is 6.92 Å². The summed E-state index contributed by atoms with van der Waals surface area (Å²) in [5.74, 6) is 0. The topological polar surface area (TPSA) is 12.9 Å². The lowest BCUT2D eigenvalue weighted by Crippen LogP contribution is -1.92. The van der Waals surface area contributed by atoms with E-state index in [0.717, 1.165) is 22.4 Å². The lowest BCUT2D eigenvalue weighted by molar-refractivity contribution is 1.25. The Bertz CT molecular complexity index is 361. The quantitative estimate of drug-likeness (QED) is 0.679. The first-order chi connectivity index (χ1) is 6.20. The van der Waals surface area contributed by atoms with Crippen LogP contribution in [0.1, 0.15) is 23.7 Å². The van der Waals surface area contributed by atoms with Crippen molar-refractivity contribution < 1.29 is 0 Å². The summed E-state index contributed by atoms with van der Waals surface area (Å²) in [5, 5.41) is 0. The fraction of sp³-hybridized carbons (Fsp3) is 0.0833. The summed E-state index contributed by atoms with van der Waals surface area (Å²) in [6, 6.07) is 1.91. The molecule has 0 atom stereocenters. The van der Waals surface area contributed by atoms with E-state index >= 15 is 0 Å². The van der Waals surface area contributed by atoms with E-state index in [4.69, 9.17) is 0 Å². The molecule has 13 heavy (non-hydrogen) atoms. The van der Waals surface area contributed by atoms with Crippen LogP contribution in [-0.4, -0.2) is 4.98 Å². The molecule has 0 aliphatic rings. The van der Waals surface area contributed by atoms with Crippen LogP contribution in [0.4, 0.5) is 0 Å². The molecular weight excluding hydrogens is 158 g/mol. The van der Waals surface area contributed by atoms with Crippen molar-refractivity contribution in [3.63, 3.8) is 0 Å². The molecule has 0 bridgehead atoms. The smallest absolute Gasteiger partial charge is 0.0730 e. The maximum atomic E-state index is 4.24. The average Bonchev–Trinajstić information content (AvgIpc) is 2.16. The Balaban J connectivity index is 3.43. The van der Waals surface area contributed by atoms with Crippen LogP contribution in [0.2, 0.25) is 0 Å². The fourth-order valence-electron chi connectivity index (χ4n) is 1.22. The summed E-state index contributed by atoms with van der Waals surface area (Å²) < 4.78 is 0. The summed E-state index contributed by atoms with van der Waals surface area (Å²) in [5.41, 5.74) is 3.89. The van der Waals surface area contributed by atoms with Crippen molar-refractivity contribution in [3.05, 3.63) is 48.8 Å². The van der Waals surface area contributed by atoms with Crippen molar-refractivity contribution >= 4 is 17.7 Å². The minimum Gasteiger partial charge on any atom is -0.256 e. The molecule has 1 rings (SSSR count). The number of allylic oxidation sites excluding steroid dienone is 1. The van der Waals surface area contributed by atoms with Gasteiger partial charge in [0.15, 0.2) is 0 Å². The molecule has 1 nitrogen and oxygen atoms in total. The number of rotatable bonds is 3. The highest BCUT2D eigenvalue weighted by Gasteiger charge is 2.04. The summed E-state index contributed by atoms with van der Waals surface area (Å²) in [4.78, 5) is 4.24. The SMILES string of the molecule is C=Cc1ccnc(C(=C)C)c1C=C. The molecule has 0 unspecified atom stereocenters. The highest BCUT2D eigenvalue weighted by atomic mass is 14.7. The van der Waals surface area contributed by atoms with Gasteiger partial charge in [-0.1, -0.05) is 31.9 Å². The van der Waals surface area contributed by atoms with Gasteiger partial charge >= 0.3 is 0 Å². The van der Waals surface area contributed by atoms with Gasteiger partial charge in [0.1, 0.15) is 0 Å². The Hall–Kier alpha value is -1.63. The Morgan fingerprint density at radius 2 is 2.08 bits per heavy atom. The Kier molecular flexibility index (Phi) is 2.80. The van der Waals surface area contributed by atoms with Crippen LogP contribution in [0.3, 0.4) is 0 Å². The molecule has 0 spiro atoms. The van der Waals surface area contributed by atoms with E-state index in [1.54, 1.807) is 18.3 Å². The molecule has 0 fully saturated rings. The molecule has 0 N–H and O–H groups in total. The molecule has 0 amide bonds. The number of aromatic nitrogens is 1. The molecule has 66 valence electrons. The van der Waals surface area contributed by atoms with E-state index in [1.165, 1.54) is 0 Å².